The van der Waals surface area contributed by atoms with Gasteiger partial charge in [0, 0.05) is 29.9 Å². The summed E-state index contributed by atoms with van der Waals surface area (Å²) in [7, 11) is 0. The maximum Gasteiger partial charge on any atom is 0.137 e. The Kier molecular flexibility index (Phi) is 6.92. The maximum absolute atomic E-state index is 6.03. The first-order chi connectivity index (χ1) is 23.6. The van der Waals surface area contributed by atoms with Gasteiger partial charge in [0.15, 0.2) is 0 Å². The van der Waals surface area contributed by atoms with Gasteiger partial charge in [-0.15, -0.1) is 22.7 Å². The summed E-state index contributed by atoms with van der Waals surface area (Å²) in [6, 6.07) is 34.1. The van der Waals surface area contributed by atoms with Crippen LogP contribution < -0.4 is 0 Å². The molecule has 2 aromatic carbocycles. The number of hydrogen-bond acceptors (Lipinski definition) is 6. The molecule has 2 aliphatic rings. The normalized spacial score (nSPS) is 12.2. The Morgan fingerprint density at radius 2 is 0.771 bits per heavy atom. The van der Waals surface area contributed by atoms with Crippen LogP contribution in [0.25, 0.3) is 88.0 Å². The minimum absolute atomic E-state index is 0.773. The van der Waals surface area contributed by atoms with E-state index in [1.807, 2.05) is 24.3 Å². The van der Waals surface area contributed by atoms with Gasteiger partial charge in [0.1, 0.15) is 11.5 Å². The highest BCUT2D eigenvalue weighted by Gasteiger charge is 2.20. The number of rotatable bonds is 4. The third-order valence-electron chi connectivity index (χ3n) is 8.72. The summed E-state index contributed by atoms with van der Waals surface area (Å²) in [6.45, 7) is 4.24. The zero-order valence-corrected chi connectivity index (χ0v) is 27.9. The van der Waals surface area contributed by atoms with Gasteiger partial charge >= 0.3 is 0 Å². The molecule has 2 aliphatic heterocycles. The zero-order chi connectivity index (χ0) is 32.2. The standard InChI is InChI=1S/C42H28N2O2S2/c1-25-7-11-27(12-8-25)39-29-15-17-31(43-29)41(33-5-3-23-45-33)37-21-22-38(48-37)42(34-6-4-24-46-34)32-18-16-30(44-32)40(36-20-19-35(39)47-36)28-13-9-26(2)10-14-28/h3-24H,1-2H3. The van der Waals surface area contributed by atoms with E-state index in [-0.39, 0.29) is 0 Å². The van der Waals surface area contributed by atoms with Crippen molar-refractivity contribution in [2.75, 3.05) is 0 Å². The van der Waals surface area contributed by atoms with Gasteiger partial charge in [-0.05, 0) is 97.8 Å². The zero-order valence-electron chi connectivity index (χ0n) is 26.2. The van der Waals surface area contributed by atoms with Crippen LogP contribution in [0.1, 0.15) is 33.9 Å². The lowest BCUT2D eigenvalue weighted by atomic mass is 10.0. The van der Waals surface area contributed by atoms with Crippen molar-refractivity contribution in [3.05, 3.63) is 143 Å². The summed E-state index contributed by atoms with van der Waals surface area (Å²) >= 11 is 3.45. The molecule has 0 spiro atoms. The molecule has 0 saturated heterocycles. The Labute approximate surface area is 285 Å². The van der Waals surface area contributed by atoms with Crippen LogP contribution in [0.5, 0.6) is 0 Å². The molecule has 0 radical (unpaired) electrons. The van der Waals surface area contributed by atoms with E-state index in [0.717, 1.165) is 86.5 Å². The summed E-state index contributed by atoms with van der Waals surface area (Å²) in [5.74, 6) is 1.55. The second-order valence-corrected chi connectivity index (χ2v) is 14.1. The molecular weight excluding hydrogens is 629 g/mol. The molecule has 230 valence electrons. The van der Waals surface area contributed by atoms with E-state index in [0.29, 0.717) is 0 Å². The quantitative estimate of drug-likeness (QED) is 0.189. The first-order valence-corrected chi connectivity index (χ1v) is 17.4. The molecule has 8 bridgehead atoms. The van der Waals surface area contributed by atoms with Crippen LogP contribution in [0, 0.1) is 13.8 Å². The van der Waals surface area contributed by atoms with Crippen molar-refractivity contribution in [3.63, 3.8) is 0 Å². The van der Waals surface area contributed by atoms with Gasteiger partial charge in [0.2, 0.25) is 0 Å². The molecule has 7 aromatic rings. The van der Waals surface area contributed by atoms with E-state index in [2.05, 4.69) is 111 Å². The van der Waals surface area contributed by atoms with Crippen LogP contribution in [0.2, 0.25) is 0 Å². The number of aromatic nitrogens is 2. The molecule has 7 heterocycles. The van der Waals surface area contributed by atoms with Gasteiger partial charge < -0.3 is 8.83 Å². The number of aryl methyl sites for hydroxylation is 2. The molecule has 0 fully saturated rings. The molecule has 0 aliphatic carbocycles. The third kappa shape index (κ3) is 4.98. The lowest BCUT2D eigenvalue weighted by Gasteiger charge is -2.06. The fraction of sp³-hybridized carbons (Fsp3) is 0.0476. The van der Waals surface area contributed by atoms with Crippen LogP contribution in [0.4, 0.5) is 0 Å². The fourth-order valence-electron chi connectivity index (χ4n) is 6.36. The van der Waals surface area contributed by atoms with Gasteiger partial charge in [-0.3, -0.25) is 0 Å². The van der Waals surface area contributed by atoms with Gasteiger partial charge in [-0.1, -0.05) is 59.7 Å². The van der Waals surface area contributed by atoms with Crippen molar-refractivity contribution < 1.29 is 8.83 Å². The summed E-state index contributed by atoms with van der Waals surface area (Å²) in [6.07, 6.45) is 11.9. The lowest BCUT2D eigenvalue weighted by Crippen LogP contribution is -1.86. The van der Waals surface area contributed by atoms with Crippen LogP contribution in [-0.4, -0.2) is 9.97 Å². The van der Waals surface area contributed by atoms with Gasteiger partial charge in [-0.2, -0.15) is 0 Å². The van der Waals surface area contributed by atoms with Gasteiger partial charge in [0.25, 0.3) is 0 Å². The topological polar surface area (TPSA) is 52.1 Å². The Balaban J connectivity index is 1.47. The van der Waals surface area contributed by atoms with E-state index in [4.69, 9.17) is 18.8 Å². The monoisotopic (exact) mass is 656 g/mol. The number of nitrogens with zero attached hydrogens (tertiary/aromatic N) is 2. The predicted molar refractivity (Wildman–Crippen MR) is 202 cm³/mol. The molecular formula is C42H28N2O2S2. The van der Waals surface area contributed by atoms with Crippen LogP contribution in [0.15, 0.2) is 118 Å². The second-order valence-electron chi connectivity index (χ2n) is 11.9. The van der Waals surface area contributed by atoms with Crippen molar-refractivity contribution in [1.29, 1.82) is 0 Å². The number of fused-ring (bicyclic) bond motifs is 8. The smallest absolute Gasteiger partial charge is 0.137 e. The average molecular weight is 657 g/mol. The fourth-order valence-corrected chi connectivity index (χ4v) is 8.64. The number of furan rings is 2. The SMILES string of the molecule is Cc1ccc(-c2c3nc(c(-c4ccco4)c4ccc(s4)c(-c4ccco4)c4nc(c(-c5ccc(C)cc5)c5ccc2s5)C=C4)C=C3)cc1. The number of thiophene rings is 2. The minimum atomic E-state index is 0.773. The molecule has 48 heavy (non-hydrogen) atoms. The summed E-state index contributed by atoms with van der Waals surface area (Å²) in [4.78, 5) is 10.7. The third-order valence-corrected chi connectivity index (χ3v) is 11.0. The predicted octanol–water partition coefficient (Wildman–Crippen LogP) is 12.6. The molecule has 0 amide bonds. The molecule has 0 N–H and O–H groups in total. The largest absolute Gasteiger partial charge is 0.464 e. The molecule has 0 unspecified atom stereocenters. The first kappa shape index (κ1) is 28.6. The van der Waals surface area contributed by atoms with Crippen LogP contribution >= 0.6 is 22.7 Å². The van der Waals surface area contributed by atoms with Gasteiger partial charge in [-0.25, -0.2) is 9.97 Å². The van der Waals surface area contributed by atoms with Gasteiger partial charge in [0.05, 0.1) is 46.4 Å². The number of benzene rings is 2. The van der Waals surface area contributed by atoms with E-state index in [9.17, 15) is 0 Å². The van der Waals surface area contributed by atoms with Crippen molar-refractivity contribution in [1.82, 2.24) is 9.97 Å². The van der Waals surface area contributed by atoms with Crippen molar-refractivity contribution in [2.45, 2.75) is 13.8 Å². The molecule has 5 aromatic heterocycles. The Morgan fingerprint density at radius 1 is 0.417 bits per heavy atom. The van der Waals surface area contributed by atoms with E-state index in [1.165, 1.54) is 11.1 Å². The van der Waals surface area contributed by atoms with E-state index < -0.39 is 0 Å². The number of hydrogen-bond donors (Lipinski definition) is 0. The highest BCUT2D eigenvalue weighted by molar-refractivity contribution is 7.24. The first-order valence-electron chi connectivity index (χ1n) is 15.8. The highest BCUT2D eigenvalue weighted by atomic mass is 32.1. The summed E-state index contributed by atoms with van der Waals surface area (Å²) < 4.78 is 16.4. The minimum Gasteiger partial charge on any atom is -0.464 e. The Morgan fingerprint density at radius 3 is 1.12 bits per heavy atom. The molecule has 0 atom stereocenters. The Hall–Kier alpha value is -5.56. The van der Waals surface area contributed by atoms with E-state index >= 15 is 0 Å². The summed E-state index contributed by atoms with van der Waals surface area (Å²) in [5.41, 5.74) is 12.4. The second kappa shape index (κ2) is 11.6. The van der Waals surface area contributed by atoms with Crippen molar-refractivity contribution >= 4 is 65.8 Å². The van der Waals surface area contributed by atoms with Crippen LogP contribution in [-0.2, 0) is 0 Å². The maximum atomic E-state index is 6.03. The molecule has 9 rings (SSSR count). The Bertz CT molecular complexity index is 2370. The summed E-state index contributed by atoms with van der Waals surface area (Å²) in [5, 5.41) is 0. The lowest BCUT2D eigenvalue weighted by molar-refractivity contribution is 0.582. The van der Waals surface area contributed by atoms with E-state index in [1.54, 1.807) is 35.2 Å². The van der Waals surface area contributed by atoms with Crippen LogP contribution in [0.3, 0.4) is 0 Å². The van der Waals surface area contributed by atoms with Crippen molar-refractivity contribution in [2.24, 2.45) is 0 Å². The molecule has 0 saturated carbocycles. The molecule has 4 nitrogen and oxygen atoms in total. The molecule has 6 heteroatoms. The highest BCUT2D eigenvalue weighted by Crippen LogP contribution is 2.43. The van der Waals surface area contributed by atoms with Crippen molar-refractivity contribution in [3.8, 4) is 44.9 Å². The average Bonchev–Trinajstić information content (AvgIpc) is 3.94.